The van der Waals surface area contributed by atoms with Crippen molar-refractivity contribution in [2.45, 2.75) is 26.8 Å². The maximum absolute atomic E-state index is 11.3. The van der Waals surface area contributed by atoms with E-state index in [0.29, 0.717) is 13.0 Å². The Balaban J connectivity index is 2.07. The molecule has 18 heavy (non-hydrogen) atoms. The zero-order valence-corrected chi connectivity index (χ0v) is 10.7. The van der Waals surface area contributed by atoms with E-state index in [9.17, 15) is 4.79 Å². The van der Waals surface area contributed by atoms with E-state index in [-0.39, 0.29) is 5.91 Å². The molecule has 0 saturated heterocycles. The molecule has 0 fully saturated rings. The molecule has 4 nitrogen and oxygen atoms in total. The van der Waals surface area contributed by atoms with Crippen LogP contribution in [0.2, 0.25) is 0 Å². The smallest absolute Gasteiger partial charge is 0.224 e. The first-order valence-electron chi connectivity index (χ1n) is 6.06. The van der Waals surface area contributed by atoms with E-state index in [4.69, 9.17) is 0 Å². The van der Waals surface area contributed by atoms with Crippen molar-refractivity contribution in [3.63, 3.8) is 0 Å². The summed E-state index contributed by atoms with van der Waals surface area (Å²) >= 11 is 0. The molecule has 0 radical (unpaired) electrons. The average molecular weight is 243 g/mol. The van der Waals surface area contributed by atoms with Gasteiger partial charge in [-0.15, -0.1) is 0 Å². The van der Waals surface area contributed by atoms with E-state index in [1.807, 2.05) is 29.9 Å². The maximum atomic E-state index is 11.3. The zero-order valence-electron chi connectivity index (χ0n) is 10.7. The first-order chi connectivity index (χ1) is 8.69. The third-order valence-electron chi connectivity index (χ3n) is 2.83. The van der Waals surface area contributed by atoms with Crippen molar-refractivity contribution in [2.24, 2.45) is 0 Å². The normalized spacial score (nSPS) is 10.3. The molecule has 94 valence electrons. The minimum absolute atomic E-state index is 0.00504. The molecule has 0 aliphatic heterocycles. The van der Waals surface area contributed by atoms with Crippen molar-refractivity contribution >= 4 is 11.6 Å². The van der Waals surface area contributed by atoms with Crippen LogP contribution in [0.15, 0.2) is 36.7 Å². The number of aryl methyl sites for hydroxylation is 1. The van der Waals surface area contributed by atoms with Gasteiger partial charge in [0.1, 0.15) is 0 Å². The van der Waals surface area contributed by atoms with Crippen LogP contribution in [0.25, 0.3) is 0 Å². The Kier molecular flexibility index (Phi) is 3.77. The monoisotopic (exact) mass is 243 g/mol. The summed E-state index contributed by atoms with van der Waals surface area (Å²) in [6.45, 7) is 4.63. The number of nitrogens with one attached hydrogen (secondary N) is 1. The lowest BCUT2D eigenvalue weighted by Crippen LogP contribution is -2.08. The largest absolute Gasteiger partial charge is 0.323 e. The quantitative estimate of drug-likeness (QED) is 0.897. The number of amides is 1. The van der Waals surface area contributed by atoms with Gasteiger partial charge in [0, 0.05) is 12.6 Å². The fourth-order valence-electron chi connectivity index (χ4n) is 1.73. The molecule has 1 aromatic heterocycles. The molecule has 0 aliphatic carbocycles. The lowest BCUT2D eigenvalue weighted by atomic mass is 10.1. The van der Waals surface area contributed by atoms with Gasteiger partial charge < -0.3 is 5.32 Å². The van der Waals surface area contributed by atoms with Gasteiger partial charge in [0.15, 0.2) is 0 Å². The molecule has 2 aromatic rings. The van der Waals surface area contributed by atoms with Crippen molar-refractivity contribution < 1.29 is 4.79 Å². The number of hydrogen-bond donors (Lipinski definition) is 1. The van der Waals surface area contributed by atoms with Crippen LogP contribution in [0.5, 0.6) is 0 Å². The van der Waals surface area contributed by atoms with Crippen LogP contribution >= 0.6 is 0 Å². The molecule has 0 bridgehead atoms. The molecule has 0 unspecified atom stereocenters. The Morgan fingerprint density at radius 1 is 1.39 bits per heavy atom. The Hall–Kier alpha value is -2.10. The number of aromatic nitrogens is 2. The molecule has 4 heteroatoms. The van der Waals surface area contributed by atoms with Crippen LogP contribution in [-0.2, 0) is 11.3 Å². The molecule has 1 heterocycles. The summed E-state index contributed by atoms with van der Waals surface area (Å²) in [7, 11) is 0. The highest BCUT2D eigenvalue weighted by Crippen LogP contribution is 2.11. The zero-order chi connectivity index (χ0) is 13.0. The number of benzene rings is 1. The number of rotatable bonds is 4. The lowest BCUT2D eigenvalue weighted by molar-refractivity contribution is -0.115. The fourth-order valence-corrected chi connectivity index (χ4v) is 1.73. The summed E-state index contributed by atoms with van der Waals surface area (Å²) in [5.74, 6) is 0.00504. The van der Waals surface area contributed by atoms with E-state index < -0.39 is 0 Å². The average Bonchev–Trinajstić information content (AvgIpc) is 2.79. The third-order valence-corrected chi connectivity index (χ3v) is 2.83. The highest BCUT2D eigenvalue weighted by molar-refractivity contribution is 5.90. The van der Waals surface area contributed by atoms with Crippen LogP contribution in [0.3, 0.4) is 0 Å². The van der Waals surface area contributed by atoms with Crippen molar-refractivity contribution in [3.8, 4) is 0 Å². The van der Waals surface area contributed by atoms with Gasteiger partial charge in [-0.3, -0.25) is 9.48 Å². The minimum atomic E-state index is 0.00504. The molecule has 0 aliphatic rings. The summed E-state index contributed by atoms with van der Waals surface area (Å²) in [5.41, 5.74) is 3.22. The summed E-state index contributed by atoms with van der Waals surface area (Å²) in [4.78, 5) is 11.3. The number of anilines is 1. The molecule has 1 amide bonds. The Morgan fingerprint density at radius 3 is 2.89 bits per heavy atom. The van der Waals surface area contributed by atoms with E-state index in [1.165, 1.54) is 11.1 Å². The fraction of sp³-hybridized carbons (Fsp3) is 0.286. The molecule has 0 atom stereocenters. The van der Waals surface area contributed by atoms with Crippen LogP contribution in [0.4, 0.5) is 5.69 Å². The van der Waals surface area contributed by atoms with Crippen molar-refractivity contribution in [2.75, 3.05) is 5.32 Å². The number of carbonyl (C=O) groups is 1. The Labute approximate surface area is 107 Å². The third kappa shape index (κ3) is 2.97. The van der Waals surface area contributed by atoms with Crippen molar-refractivity contribution in [1.29, 1.82) is 0 Å². The molecular formula is C14H17N3O. The lowest BCUT2D eigenvalue weighted by Gasteiger charge is -2.05. The first kappa shape index (κ1) is 12.4. The van der Waals surface area contributed by atoms with Gasteiger partial charge in [0.25, 0.3) is 0 Å². The molecule has 0 saturated carbocycles. The van der Waals surface area contributed by atoms with Gasteiger partial charge >= 0.3 is 0 Å². The minimum Gasteiger partial charge on any atom is -0.323 e. The van der Waals surface area contributed by atoms with Gasteiger partial charge in [-0.05, 0) is 18.1 Å². The molecule has 2 rings (SSSR count). The first-order valence-corrected chi connectivity index (χ1v) is 6.06. The standard InChI is InChI=1S/C14H17N3O/c1-3-14(18)16-13-8-15-17(10-13)9-12-7-5-4-6-11(12)2/h4-8,10H,3,9H2,1-2H3,(H,16,18). The second-order valence-electron chi connectivity index (χ2n) is 4.25. The highest BCUT2D eigenvalue weighted by Gasteiger charge is 2.03. The van der Waals surface area contributed by atoms with Gasteiger partial charge in [0.2, 0.25) is 5.91 Å². The second-order valence-corrected chi connectivity index (χ2v) is 4.25. The van der Waals surface area contributed by atoms with Gasteiger partial charge in [-0.25, -0.2) is 0 Å². The summed E-state index contributed by atoms with van der Waals surface area (Å²) < 4.78 is 1.83. The number of nitrogens with zero attached hydrogens (tertiary/aromatic N) is 2. The summed E-state index contributed by atoms with van der Waals surface area (Å²) in [6.07, 6.45) is 3.99. The topological polar surface area (TPSA) is 46.9 Å². The number of hydrogen-bond acceptors (Lipinski definition) is 2. The van der Waals surface area contributed by atoms with Gasteiger partial charge in [-0.2, -0.15) is 5.10 Å². The van der Waals surface area contributed by atoms with E-state index in [0.717, 1.165) is 5.69 Å². The SMILES string of the molecule is CCC(=O)Nc1cnn(Cc2ccccc2C)c1. The predicted molar refractivity (Wildman–Crippen MR) is 71.4 cm³/mol. The van der Waals surface area contributed by atoms with E-state index in [1.54, 1.807) is 6.20 Å². The van der Waals surface area contributed by atoms with Gasteiger partial charge in [-0.1, -0.05) is 31.2 Å². The highest BCUT2D eigenvalue weighted by atomic mass is 16.1. The summed E-state index contributed by atoms with van der Waals surface area (Å²) in [5, 5.41) is 7.03. The molecule has 1 N–H and O–H groups in total. The van der Waals surface area contributed by atoms with Crippen LogP contribution in [-0.4, -0.2) is 15.7 Å². The van der Waals surface area contributed by atoms with Crippen molar-refractivity contribution in [3.05, 3.63) is 47.8 Å². The van der Waals surface area contributed by atoms with Crippen LogP contribution < -0.4 is 5.32 Å². The second kappa shape index (κ2) is 5.49. The Bertz CT molecular complexity index is 545. The van der Waals surface area contributed by atoms with E-state index in [2.05, 4.69) is 29.5 Å². The summed E-state index contributed by atoms with van der Waals surface area (Å²) in [6, 6.07) is 8.21. The molecule has 1 aromatic carbocycles. The van der Waals surface area contributed by atoms with E-state index >= 15 is 0 Å². The molecular weight excluding hydrogens is 226 g/mol. The Morgan fingerprint density at radius 2 is 2.17 bits per heavy atom. The van der Waals surface area contributed by atoms with Crippen LogP contribution in [0.1, 0.15) is 24.5 Å². The maximum Gasteiger partial charge on any atom is 0.224 e. The van der Waals surface area contributed by atoms with Gasteiger partial charge in [0.05, 0.1) is 18.4 Å². The van der Waals surface area contributed by atoms with Crippen molar-refractivity contribution in [1.82, 2.24) is 9.78 Å². The molecule has 0 spiro atoms. The predicted octanol–water partition coefficient (Wildman–Crippen LogP) is 2.59. The van der Waals surface area contributed by atoms with Crippen LogP contribution in [0, 0.1) is 6.92 Å². The number of carbonyl (C=O) groups excluding carboxylic acids is 1.